The molecule has 0 heterocycles. The van der Waals surface area contributed by atoms with Gasteiger partial charge in [-0.25, -0.2) is 4.79 Å². The van der Waals surface area contributed by atoms with E-state index in [0.717, 1.165) is 13.1 Å². The third kappa shape index (κ3) is 4.91. The number of carbonyl (C=O) groups excluding carboxylic acids is 1. The van der Waals surface area contributed by atoms with Gasteiger partial charge in [0.05, 0.1) is 6.61 Å². The molecule has 3 nitrogen and oxygen atoms in total. The van der Waals surface area contributed by atoms with Gasteiger partial charge in [-0.3, -0.25) is 0 Å². The first kappa shape index (κ1) is 11.2. The van der Waals surface area contributed by atoms with Gasteiger partial charge < -0.3 is 10.1 Å². The van der Waals surface area contributed by atoms with Gasteiger partial charge in [-0.1, -0.05) is 13.5 Å². The molecule has 0 amide bonds. The Hall–Kier alpha value is -0.830. The molecule has 0 aliphatic rings. The third-order valence-corrected chi connectivity index (χ3v) is 1.42. The van der Waals surface area contributed by atoms with Crippen LogP contribution in [-0.4, -0.2) is 25.7 Å². The van der Waals surface area contributed by atoms with Crippen LogP contribution < -0.4 is 5.32 Å². The lowest BCUT2D eigenvalue weighted by molar-refractivity contribution is -0.138. The summed E-state index contributed by atoms with van der Waals surface area (Å²) in [5, 5.41) is 3.11. The molecule has 0 fully saturated rings. The lowest BCUT2D eigenvalue weighted by Crippen LogP contribution is -2.17. The first-order valence-corrected chi connectivity index (χ1v) is 4.28. The van der Waals surface area contributed by atoms with E-state index < -0.39 is 0 Å². The Balaban J connectivity index is 3.50. The highest BCUT2D eigenvalue weighted by molar-refractivity contribution is 5.87. The van der Waals surface area contributed by atoms with Gasteiger partial charge in [0.25, 0.3) is 0 Å². The summed E-state index contributed by atoms with van der Waals surface area (Å²) in [6, 6.07) is 0. The van der Waals surface area contributed by atoms with Crippen molar-refractivity contribution >= 4 is 5.97 Å². The van der Waals surface area contributed by atoms with Gasteiger partial charge in [-0.05, 0) is 26.4 Å². The molecule has 12 heavy (non-hydrogen) atoms. The number of nitrogens with one attached hydrogen (secondary N) is 1. The highest BCUT2D eigenvalue weighted by Gasteiger charge is 2.05. The molecule has 3 heteroatoms. The molecule has 0 aliphatic heterocycles. The van der Waals surface area contributed by atoms with Crippen LogP contribution in [0.5, 0.6) is 0 Å². The molecule has 0 rings (SSSR count). The van der Waals surface area contributed by atoms with Crippen molar-refractivity contribution in [3.63, 3.8) is 0 Å². The topological polar surface area (TPSA) is 38.3 Å². The summed E-state index contributed by atoms with van der Waals surface area (Å²) in [5.74, 6) is -0.282. The van der Waals surface area contributed by atoms with E-state index in [4.69, 9.17) is 4.74 Å². The molecule has 0 bridgehead atoms. The van der Waals surface area contributed by atoms with E-state index in [1.807, 2.05) is 6.92 Å². The number of hydrogen-bond acceptors (Lipinski definition) is 3. The molecule has 0 aromatic rings. The monoisotopic (exact) mass is 171 g/mol. The van der Waals surface area contributed by atoms with Crippen LogP contribution in [0.1, 0.15) is 20.3 Å². The Labute approximate surface area is 73.8 Å². The van der Waals surface area contributed by atoms with Crippen molar-refractivity contribution in [2.24, 2.45) is 0 Å². The first-order chi connectivity index (χ1) is 5.72. The second kappa shape index (κ2) is 6.85. The molecular formula is C9H17NO2. The van der Waals surface area contributed by atoms with E-state index in [2.05, 4.69) is 11.9 Å². The number of ether oxygens (including phenoxy) is 1. The van der Waals surface area contributed by atoms with Crippen LogP contribution in [0, 0.1) is 0 Å². The highest BCUT2D eigenvalue weighted by atomic mass is 16.5. The van der Waals surface area contributed by atoms with Crippen LogP contribution in [0.25, 0.3) is 0 Å². The predicted octanol–water partition coefficient (Wildman–Crippen LogP) is 1.11. The molecule has 0 aliphatic carbocycles. The summed E-state index contributed by atoms with van der Waals surface area (Å²) >= 11 is 0. The Morgan fingerprint density at radius 2 is 2.17 bits per heavy atom. The van der Waals surface area contributed by atoms with Crippen LogP contribution in [-0.2, 0) is 9.53 Å². The second-order valence-electron chi connectivity index (χ2n) is 2.43. The van der Waals surface area contributed by atoms with Crippen LogP contribution >= 0.6 is 0 Å². The van der Waals surface area contributed by atoms with E-state index in [0.29, 0.717) is 18.6 Å². The fraction of sp³-hybridized carbons (Fsp3) is 0.667. The lowest BCUT2D eigenvalue weighted by atomic mass is 10.2. The predicted molar refractivity (Wildman–Crippen MR) is 48.9 cm³/mol. The second-order valence-corrected chi connectivity index (χ2v) is 2.43. The molecule has 0 unspecified atom stereocenters. The largest absolute Gasteiger partial charge is 0.463 e. The van der Waals surface area contributed by atoms with E-state index in [1.165, 1.54) is 0 Å². The fourth-order valence-corrected chi connectivity index (χ4v) is 0.751. The van der Waals surface area contributed by atoms with Gasteiger partial charge in [-0.2, -0.15) is 0 Å². The van der Waals surface area contributed by atoms with E-state index in [-0.39, 0.29) is 5.97 Å². The normalized spacial score (nSPS) is 9.50. The molecule has 0 saturated heterocycles. The first-order valence-electron chi connectivity index (χ1n) is 4.28. The maximum Gasteiger partial charge on any atom is 0.333 e. The van der Waals surface area contributed by atoms with Crippen LogP contribution in [0.15, 0.2) is 12.2 Å². The van der Waals surface area contributed by atoms with Gasteiger partial charge >= 0.3 is 5.97 Å². The Bertz CT molecular complexity index is 155. The Morgan fingerprint density at radius 3 is 2.67 bits per heavy atom. The maximum atomic E-state index is 11.0. The van der Waals surface area contributed by atoms with E-state index in [9.17, 15) is 4.79 Å². The van der Waals surface area contributed by atoms with Crippen molar-refractivity contribution in [2.75, 3.05) is 19.7 Å². The van der Waals surface area contributed by atoms with Gasteiger partial charge in [0.1, 0.15) is 0 Å². The summed E-state index contributed by atoms with van der Waals surface area (Å²) in [4.78, 5) is 11.0. The fourth-order valence-electron chi connectivity index (χ4n) is 0.751. The molecule has 0 radical (unpaired) electrons. The number of rotatable bonds is 6. The molecule has 70 valence electrons. The quantitative estimate of drug-likeness (QED) is 0.369. The smallest absolute Gasteiger partial charge is 0.333 e. The van der Waals surface area contributed by atoms with Crippen molar-refractivity contribution in [3.05, 3.63) is 12.2 Å². The molecule has 1 N–H and O–H groups in total. The minimum Gasteiger partial charge on any atom is -0.463 e. The minimum atomic E-state index is -0.282. The standard InChI is InChI=1S/C9H17NO2/c1-4-10-7-6-8(3)9(11)12-5-2/h10H,3-7H2,1-2H3. The Kier molecular flexibility index (Phi) is 6.38. The maximum absolute atomic E-state index is 11.0. The van der Waals surface area contributed by atoms with Gasteiger partial charge in [0, 0.05) is 5.57 Å². The number of hydrogen-bond donors (Lipinski definition) is 1. The van der Waals surface area contributed by atoms with Gasteiger partial charge in [-0.15, -0.1) is 0 Å². The van der Waals surface area contributed by atoms with Gasteiger partial charge in [0.15, 0.2) is 0 Å². The van der Waals surface area contributed by atoms with Crippen molar-refractivity contribution in [2.45, 2.75) is 20.3 Å². The highest BCUT2D eigenvalue weighted by Crippen LogP contribution is 1.99. The number of esters is 1. The summed E-state index contributed by atoms with van der Waals surface area (Å²) in [5.41, 5.74) is 0.540. The van der Waals surface area contributed by atoms with Crippen molar-refractivity contribution < 1.29 is 9.53 Å². The molecule has 0 saturated carbocycles. The summed E-state index contributed by atoms with van der Waals surface area (Å²) < 4.78 is 4.77. The lowest BCUT2D eigenvalue weighted by Gasteiger charge is -2.04. The number of carbonyl (C=O) groups is 1. The molecule has 0 aromatic carbocycles. The molecule has 0 aromatic heterocycles. The zero-order valence-electron chi connectivity index (χ0n) is 7.85. The van der Waals surface area contributed by atoms with Crippen molar-refractivity contribution in [3.8, 4) is 0 Å². The van der Waals surface area contributed by atoms with Crippen molar-refractivity contribution in [1.82, 2.24) is 5.32 Å². The average Bonchev–Trinajstić information content (AvgIpc) is 2.05. The van der Waals surface area contributed by atoms with E-state index in [1.54, 1.807) is 6.92 Å². The van der Waals surface area contributed by atoms with Crippen molar-refractivity contribution in [1.29, 1.82) is 0 Å². The molecule has 0 spiro atoms. The van der Waals surface area contributed by atoms with Gasteiger partial charge in [0.2, 0.25) is 0 Å². The van der Waals surface area contributed by atoms with E-state index >= 15 is 0 Å². The van der Waals surface area contributed by atoms with Crippen LogP contribution in [0.3, 0.4) is 0 Å². The molecular weight excluding hydrogens is 154 g/mol. The van der Waals surface area contributed by atoms with Crippen LogP contribution in [0.2, 0.25) is 0 Å². The SMILES string of the molecule is C=C(CCNCC)C(=O)OCC. The van der Waals surface area contributed by atoms with Crippen LogP contribution in [0.4, 0.5) is 0 Å². The summed E-state index contributed by atoms with van der Waals surface area (Å²) in [6.45, 7) is 9.55. The zero-order valence-corrected chi connectivity index (χ0v) is 7.85. The zero-order chi connectivity index (χ0) is 9.40. The average molecular weight is 171 g/mol. The summed E-state index contributed by atoms with van der Waals surface area (Å²) in [7, 11) is 0. The molecule has 0 atom stereocenters. The summed E-state index contributed by atoms with van der Waals surface area (Å²) in [6.07, 6.45) is 0.659. The third-order valence-electron chi connectivity index (χ3n) is 1.42. The minimum absolute atomic E-state index is 0.282. The Morgan fingerprint density at radius 1 is 1.50 bits per heavy atom.